The molecule has 6 heteroatoms. The quantitative estimate of drug-likeness (QED) is 0.359. The smallest absolute Gasteiger partial charge is 0.191 e. The van der Waals surface area contributed by atoms with Crippen molar-refractivity contribution in [2.24, 2.45) is 4.99 Å². The van der Waals surface area contributed by atoms with Crippen LogP contribution in [0, 0.1) is 0 Å². The van der Waals surface area contributed by atoms with Gasteiger partial charge in [0.15, 0.2) is 5.96 Å². The molecule has 3 fully saturated rings. The summed E-state index contributed by atoms with van der Waals surface area (Å²) in [4.78, 5) is 7.25. The van der Waals surface area contributed by atoms with Gasteiger partial charge in [0.25, 0.3) is 0 Å². The highest BCUT2D eigenvalue weighted by atomic mass is 127. The van der Waals surface area contributed by atoms with E-state index in [-0.39, 0.29) is 24.0 Å². The van der Waals surface area contributed by atoms with E-state index < -0.39 is 5.60 Å². The number of aliphatic imine (C=N–C) groups is 1. The first-order valence-corrected chi connectivity index (χ1v) is 8.70. The largest absolute Gasteiger partial charge is 0.388 e. The molecule has 0 aromatic carbocycles. The van der Waals surface area contributed by atoms with Crippen LogP contribution in [0.2, 0.25) is 0 Å². The molecule has 0 amide bonds. The summed E-state index contributed by atoms with van der Waals surface area (Å²) in [5.41, 5.74) is -0.557. The Morgan fingerprint density at radius 1 is 1.27 bits per heavy atom. The average Bonchev–Trinajstić information content (AvgIpc) is 3.07. The van der Waals surface area contributed by atoms with E-state index in [9.17, 15) is 5.11 Å². The van der Waals surface area contributed by atoms with Crippen LogP contribution >= 0.6 is 24.0 Å². The van der Waals surface area contributed by atoms with Gasteiger partial charge in [0.2, 0.25) is 0 Å². The maximum atomic E-state index is 10.4. The number of hydrogen-bond acceptors (Lipinski definition) is 3. The van der Waals surface area contributed by atoms with Crippen molar-refractivity contribution in [3.8, 4) is 0 Å². The van der Waals surface area contributed by atoms with Crippen molar-refractivity contribution in [1.29, 1.82) is 0 Å². The molecule has 3 aliphatic rings. The van der Waals surface area contributed by atoms with Crippen LogP contribution in [-0.2, 0) is 0 Å². The number of guanidine groups is 1. The van der Waals surface area contributed by atoms with Crippen LogP contribution in [-0.4, -0.2) is 59.8 Å². The van der Waals surface area contributed by atoms with Gasteiger partial charge in [0, 0.05) is 31.7 Å². The van der Waals surface area contributed by atoms with Crippen LogP contribution in [0.25, 0.3) is 0 Å². The molecule has 22 heavy (non-hydrogen) atoms. The molecule has 3 rings (SSSR count). The van der Waals surface area contributed by atoms with Gasteiger partial charge in [0.05, 0.1) is 12.1 Å². The molecule has 0 spiro atoms. The first kappa shape index (κ1) is 18.3. The van der Waals surface area contributed by atoms with Crippen molar-refractivity contribution < 1.29 is 5.11 Å². The van der Waals surface area contributed by atoms with E-state index in [1.165, 1.54) is 25.8 Å². The van der Waals surface area contributed by atoms with Crippen molar-refractivity contribution >= 4 is 29.9 Å². The van der Waals surface area contributed by atoms with E-state index in [0.29, 0.717) is 12.6 Å². The van der Waals surface area contributed by atoms with Crippen LogP contribution in [0.3, 0.4) is 0 Å². The van der Waals surface area contributed by atoms with Gasteiger partial charge in [-0.15, -0.1) is 24.0 Å². The van der Waals surface area contributed by atoms with Gasteiger partial charge < -0.3 is 15.7 Å². The second-order valence-electron chi connectivity index (χ2n) is 6.98. The third-order valence-corrected chi connectivity index (χ3v) is 5.03. The van der Waals surface area contributed by atoms with Crippen molar-refractivity contribution in [3.63, 3.8) is 0 Å². The maximum Gasteiger partial charge on any atom is 0.191 e. The Balaban J connectivity index is 0.00000176. The molecule has 1 heterocycles. The van der Waals surface area contributed by atoms with Crippen LogP contribution in [0.4, 0.5) is 0 Å². The molecule has 1 unspecified atom stereocenters. The summed E-state index contributed by atoms with van der Waals surface area (Å²) in [6.07, 6.45) is 8.03. The lowest BCUT2D eigenvalue weighted by Crippen LogP contribution is -2.45. The minimum absolute atomic E-state index is 0. The normalized spacial score (nSPS) is 28.5. The number of aliphatic hydroxyl groups is 1. The molecule has 1 aliphatic heterocycles. The fourth-order valence-electron chi connectivity index (χ4n) is 3.61. The lowest BCUT2D eigenvalue weighted by atomic mass is 10.0. The minimum Gasteiger partial charge on any atom is -0.388 e. The van der Waals surface area contributed by atoms with Crippen LogP contribution in [0.15, 0.2) is 4.99 Å². The first-order chi connectivity index (χ1) is 10.2. The summed E-state index contributed by atoms with van der Waals surface area (Å²) in [5.74, 6) is 0.875. The molecule has 2 saturated carbocycles. The fourth-order valence-corrected chi connectivity index (χ4v) is 3.61. The van der Waals surface area contributed by atoms with E-state index in [4.69, 9.17) is 0 Å². The Morgan fingerprint density at radius 3 is 2.64 bits per heavy atom. The zero-order valence-corrected chi connectivity index (χ0v) is 16.0. The number of rotatable bonds is 5. The monoisotopic (exact) mass is 422 g/mol. The van der Waals surface area contributed by atoms with Crippen LogP contribution < -0.4 is 10.6 Å². The number of nitrogens with zero attached hydrogens (tertiary/aromatic N) is 2. The van der Waals surface area contributed by atoms with Gasteiger partial charge in [0.1, 0.15) is 0 Å². The molecule has 128 valence electrons. The van der Waals surface area contributed by atoms with Gasteiger partial charge in [-0.1, -0.05) is 12.8 Å². The lowest BCUT2D eigenvalue weighted by Gasteiger charge is -2.22. The molecular weight excluding hydrogens is 391 g/mol. The zero-order valence-electron chi connectivity index (χ0n) is 13.7. The summed E-state index contributed by atoms with van der Waals surface area (Å²) < 4.78 is 0. The van der Waals surface area contributed by atoms with E-state index in [2.05, 4.69) is 27.4 Å². The van der Waals surface area contributed by atoms with Gasteiger partial charge >= 0.3 is 0 Å². The summed E-state index contributed by atoms with van der Waals surface area (Å²) in [7, 11) is 0. The summed E-state index contributed by atoms with van der Waals surface area (Å²) in [6, 6.07) is 1.36. The predicted octanol–water partition coefficient (Wildman–Crippen LogP) is 1.70. The molecule has 1 atom stereocenters. The predicted molar refractivity (Wildman–Crippen MR) is 101 cm³/mol. The van der Waals surface area contributed by atoms with Gasteiger partial charge in [-0.2, -0.15) is 0 Å². The third kappa shape index (κ3) is 4.96. The second-order valence-corrected chi connectivity index (χ2v) is 6.98. The molecule has 2 aliphatic carbocycles. The standard InChI is InChI=1S/C16H30N4O.HI/c1-2-17-15(18-12-16(21)8-3-4-9-16)19-13-7-10-20(11-13)14-5-6-14;/h13-14,21H,2-12H2,1H3,(H2,17,18,19);1H. The van der Waals surface area contributed by atoms with Crippen molar-refractivity contribution in [2.75, 3.05) is 26.2 Å². The Labute approximate surface area is 151 Å². The minimum atomic E-state index is -0.557. The van der Waals surface area contributed by atoms with Gasteiger partial charge in [-0.25, -0.2) is 0 Å². The van der Waals surface area contributed by atoms with Gasteiger partial charge in [-0.05, 0) is 39.0 Å². The van der Waals surface area contributed by atoms with Crippen LogP contribution in [0.1, 0.15) is 51.9 Å². The molecule has 0 bridgehead atoms. The Bertz CT molecular complexity index is 380. The number of likely N-dealkylation sites (tertiary alicyclic amines) is 1. The van der Waals surface area contributed by atoms with E-state index in [1.807, 2.05) is 0 Å². The van der Waals surface area contributed by atoms with E-state index in [1.54, 1.807) is 0 Å². The first-order valence-electron chi connectivity index (χ1n) is 8.70. The number of nitrogens with one attached hydrogen (secondary N) is 2. The molecule has 1 saturated heterocycles. The molecule has 0 aromatic rings. The maximum absolute atomic E-state index is 10.4. The number of halogens is 1. The topological polar surface area (TPSA) is 59.9 Å². The SMILES string of the molecule is CCNC(=NCC1(O)CCCC1)NC1CCN(C2CC2)C1.I. The average molecular weight is 422 g/mol. The van der Waals surface area contributed by atoms with Crippen molar-refractivity contribution in [2.45, 2.75) is 69.6 Å². The summed E-state index contributed by atoms with van der Waals surface area (Å²) in [5, 5.41) is 17.3. The van der Waals surface area contributed by atoms with Crippen molar-refractivity contribution in [1.82, 2.24) is 15.5 Å². The summed E-state index contributed by atoms with van der Waals surface area (Å²) in [6.45, 7) is 5.84. The van der Waals surface area contributed by atoms with Gasteiger partial charge in [-0.3, -0.25) is 9.89 Å². The van der Waals surface area contributed by atoms with Crippen molar-refractivity contribution in [3.05, 3.63) is 0 Å². The Kier molecular flexibility index (Phi) is 6.76. The second kappa shape index (κ2) is 8.15. The highest BCUT2D eigenvalue weighted by molar-refractivity contribution is 14.0. The summed E-state index contributed by atoms with van der Waals surface area (Å²) >= 11 is 0. The molecule has 0 aromatic heterocycles. The highest BCUT2D eigenvalue weighted by Crippen LogP contribution is 2.30. The molecule has 0 radical (unpaired) electrons. The van der Waals surface area contributed by atoms with Crippen LogP contribution in [0.5, 0.6) is 0 Å². The van der Waals surface area contributed by atoms with E-state index >= 15 is 0 Å². The zero-order chi connectivity index (χ0) is 14.7. The molecule has 3 N–H and O–H groups in total. The molecular formula is C16H31IN4O. The number of hydrogen-bond donors (Lipinski definition) is 3. The third-order valence-electron chi connectivity index (χ3n) is 5.03. The fraction of sp³-hybridized carbons (Fsp3) is 0.938. The molecule has 5 nitrogen and oxygen atoms in total. The Hall–Kier alpha value is -0.0800. The van der Waals surface area contributed by atoms with E-state index in [0.717, 1.165) is 50.8 Å². The highest BCUT2D eigenvalue weighted by Gasteiger charge is 2.35. The Morgan fingerprint density at radius 2 is 2.00 bits per heavy atom. The lowest BCUT2D eigenvalue weighted by molar-refractivity contribution is 0.0574.